The number of thiocarbonyl (C=S) groups is 1. The zero-order chi connectivity index (χ0) is 13.7. The van der Waals surface area contributed by atoms with Crippen molar-refractivity contribution in [2.45, 2.75) is 12.5 Å². The summed E-state index contributed by atoms with van der Waals surface area (Å²) in [7, 11) is 0. The maximum atomic E-state index is 12.1. The van der Waals surface area contributed by atoms with Crippen molar-refractivity contribution in [3.63, 3.8) is 0 Å². The van der Waals surface area contributed by atoms with Gasteiger partial charge in [-0.25, -0.2) is 0 Å². The summed E-state index contributed by atoms with van der Waals surface area (Å²) in [6, 6.07) is 9.12. The van der Waals surface area contributed by atoms with E-state index in [1.165, 1.54) is 6.39 Å². The molecule has 2 aromatic rings. The summed E-state index contributed by atoms with van der Waals surface area (Å²) in [6.45, 7) is 0.168. The van der Waals surface area contributed by atoms with Crippen LogP contribution in [0, 0.1) is 0 Å². The highest BCUT2D eigenvalue weighted by atomic mass is 32.1. The van der Waals surface area contributed by atoms with E-state index in [-0.39, 0.29) is 17.4 Å². The van der Waals surface area contributed by atoms with Crippen LogP contribution in [-0.4, -0.2) is 21.0 Å². The Morgan fingerprint density at radius 1 is 1.42 bits per heavy atom. The van der Waals surface area contributed by atoms with Gasteiger partial charge in [0.15, 0.2) is 5.82 Å². The molecule has 1 unspecified atom stereocenters. The maximum Gasteiger partial charge on any atom is 0.234 e. The highest BCUT2D eigenvalue weighted by Crippen LogP contribution is 2.16. The SMILES string of the molecule is NC(=S)C(C(=O)NCc1ncon1)c1ccccc1. The van der Waals surface area contributed by atoms with Crippen molar-refractivity contribution in [3.8, 4) is 0 Å². The summed E-state index contributed by atoms with van der Waals surface area (Å²) in [4.78, 5) is 16.0. The van der Waals surface area contributed by atoms with E-state index in [4.69, 9.17) is 18.0 Å². The molecular formula is C12H12N4O2S. The lowest BCUT2D eigenvalue weighted by Gasteiger charge is -2.15. The molecule has 1 heterocycles. The van der Waals surface area contributed by atoms with Gasteiger partial charge in [0.2, 0.25) is 12.3 Å². The molecule has 1 amide bonds. The fourth-order valence-electron chi connectivity index (χ4n) is 1.63. The van der Waals surface area contributed by atoms with E-state index in [0.717, 1.165) is 5.56 Å². The van der Waals surface area contributed by atoms with Gasteiger partial charge in [0.05, 0.1) is 11.5 Å². The first kappa shape index (κ1) is 13.2. The van der Waals surface area contributed by atoms with Crippen LogP contribution in [-0.2, 0) is 11.3 Å². The number of benzene rings is 1. The molecule has 1 aromatic heterocycles. The molecule has 0 fully saturated rings. The minimum Gasteiger partial charge on any atom is -0.392 e. The van der Waals surface area contributed by atoms with E-state index in [9.17, 15) is 4.79 Å². The molecule has 7 heteroatoms. The Hall–Kier alpha value is -2.28. The van der Waals surface area contributed by atoms with Crippen molar-refractivity contribution in [3.05, 3.63) is 48.1 Å². The highest BCUT2D eigenvalue weighted by Gasteiger charge is 2.23. The minimum absolute atomic E-state index is 0.122. The zero-order valence-corrected chi connectivity index (χ0v) is 10.8. The highest BCUT2D eigenvalue weighted by molar-refractivity contribution is 7.80. The van der Waals surface area contributed by atoms with Gasteiger partial charge in [-0.3, -0.25) is 4.79 Å². The van der Waals surface area contributed by atoms with Crippen molar-refractivity contribution in [1.29, 1.82) is 0 Å². The Balaban J connectivity index is 2.07. The van der Waals surface area contributed by atoms with Crippen LogP contribution < -0.4 is 11.1 Å². The Labute approximate surface area is 115 Å². The molecular weight excluding hydrogens is 264 g/mol. The van der Waals surface area contributed by atoms with E-state index in [1.54, 1.807) is 12.1 Å². The van der Waals surface area contributed by atoms with Gasteiger partial charge in [0, 0.05) is 0 Å². The number of carbonyl (C=O) groups excluding carboxylic acids is 1. The van der Waals surface area contributed by atoms with Crippen molar-refractivity contribution >= 4 is 23.1 Å². The number of nitrogens with two attached hydrogens (primary N) is 1. The molecule has 2 rings (SSSR count). The quantitative estimate of drug-likeness (QED) is 0.783. The first-order valence-electron chi connectivity index (χ1n) is 5.55. The Bertz CT molecular complexity index is 556. The van der Waals surface area contributed by atoms with Crippen LogP contribution in [0.25, 0.3) is 0 Å². The van der Waals surface area contributed by atoms with Crippen LogP contribution in [0.5, 0.6) is 0 Å². The van der Waals surface area contributed by atoms with Gasteiger partial charge in [-0.15, -0.1) is 0 Å². The lowest BCUT2D eigenvalue weighted by atomic mass is 9.98. The van der Waals surface area contributed by atoms with Crippen molar-refractivity contribution in [1.82, 2.24) is 15.5 Å². The number of nitrogens with zero attached hydrogens (tertiary/aromatic N) is 2. The lowest BCUT2D eigenvalue weighted by Crippen LogP contribution is -2.36. The summed E-state index contributed by atoms with van der Waals surface area (Å²) in [5, 5.41) is 6.27. The van der Waals surface area contributed by atoms with E-state index >= 15 is 0 Å². The van der Waals surface area contributed by atoms with Crippen LogP contribution in [0.1, 0.15) is 17.3 Å². The second-order valence-electron chi connectivity index (χ2n) is 3.81. The minimum atomic E-state index is -0.664. The number of aromatic nitrogens is 2. The average molecular weight is 276 g/mol. The third kappa shape index (κ3) is 3.35. The topological polar surface area (TPSA) is 94.0 Å². The maximum absolute atomic E-state index is 12.1. The molecule has 1 aromatic carbocycles. The first-order chi connectivity index (χ1) is 9.18. The molecule has 98 valence electrons. The third-order valence-electron chi connectivity index (χ3n) is 2.51. The summed E-state index contributed by atoms with van der Waals surface area (Å²) < 4.78 is 4.58. The number of hydrogen-bond donors (Lipinski definition) is 2. The zero-order valence-electron chi connectivity index (χ0n) is 9.95. The third-order valence-corrected chi connectivity index (χ3v) is 2.74. The van der Waals surface area contributed by atoms with Crippen LogP contribution in [0.4, 0.5) is 0 Å². The number of carbonyl (C=O) groups is 1. The fraction of sp³-hybridized carbons (Fsp3) is 0.167. The molecule has 0 aliphatic rings. The van der Waals surface area contributed by atoms with E-state index in [1.807, 2.05) is 18.2 Å². The second kappa shape index (κ2) is 6.05. The Morgan fingerprint density at radius 3 is 2.74 bits per heavy atom. The van der Waals surface area contributed by atoms with Crippen LogP contribution in [0.15, 0.2) is 41.2 Å². The van der Waals surface area contributed by atoms with Gasteiger partial charge >= 0.3 is 0 Å². The van der Waals surface area contributed by atoms with Gasteiger partial charge in [0.25, 0.3) is 0 Å². The predicted molar refractivity (Wildman–Crippen MR) is 72.1 cm³/mol. The number of hydrogen-bond acceptors (Lipinski definition) is 5. The number of rotatable bonds is 5. The number of nitrogens with one attached hydrogen (secondary N) is 1. The molecule has 0 bridgehead atoms. The van der Waals surface area contributed by atoms with Crippen molar-refractivity contribution < 1.29 is 9.32 Å². The number of amides is 1. The fourth-order valence-corrected chi connectivity index (χ4v) is 1.87. The van der Waals surface area contributed by atoms with Gasteiger partial charge in [-0.05, 0) is 5.56 Å². The van der Waals surface area contributed by atoms with Gasteiger partial charge < -0.3 is 15.6 Å². The summed E-state index contributed by atoms with van der Waals surface area (Å²) >= 11 is 4.96. The molecule has 0 aliphatic carbocycles. The molecule has 1 atom stereocenters. The molecule has 6 nitrogen and oxygen atoms in total. The summed E-state index contributed by atoms with van der Waals surface area (Å²) in [6.07, 6.45) is 1.20. The van der Waals surface area contributed by atoms with Crippen molar-refractivity contribution in [2.75, 3.05) is 0 Å². The van der Waals surface area contributed by atoms with Gasteiger partial charge in [0.1, 0.15) is 5.92 Å². The van der Waals surface area contributed by atoms with Crippen LogP contribution >= 0.6 is 12.2 Å². The van der Waals surface area contributed by atoms with Crippen molar-refractivity contribution in [2.24, 2.45) is 5.73 Å². The standard InChI is InChI=1S/C12H12N4O2S/c13-11(19)10(8-4-2-1-3-5-8)12(17)14-6-9-15-7-18-16-9/h1-5,7,10H,6H2,(H2,13,19)(H,14,17). The molecule has 0 radical (unpaired) electrons. The Morgan fingerprint density at radius 2 is 2.16 bits per heavy atom. The van der Waals surface area contributed by atoms with Crippen LogP contribution in [0.3, 0.4) is 0 Å². The first-order valence-corrected chi connectivity index (χ1v) is 5.96. The monoisotopic (exact) mass is 276 g/mol. The molecule has 19 heavy (non-hydrogen) atoms. The van der Waals surface area contributed by atoms with E-state index in [2.05, 4.69) is 20.0 Å². The molecule has 0 spiro atoms. The average Bonchev–Trinajstić information content (AvgIpc) is 2.90. The Kier molecular flexibility index (Phi) is 4.19. The summed E-state index contributed by atoms with van der Waals surface area (Å²) in [5.74, 6) is -0.560. The van der Waals surface area contributed by atoms with E-state index in [0.29, 0.717) is 5.82 Å². The lowest BCUT2D eigenvalue weighted by molar-refractivity contribution is -0.121. The molecule has 0 saturated carbocycles. The normalized spacial score (nSPS) is 11.8. The second-order valence-corrected chi connectivity index (χ2v) is 4.28. The van der Waals surface area contributed by atoms with Crippen LogP contribution in [0.2, 0.25) is 0 Å². The summed E-state index contributed by atoms with van der Waals surface area (Å²) in [5.41, 5.74) is 6.39. The van der Waals surface area contributed by atoms with Gasteiger partial charge in [-0.1, -0.05) is 47.7 Å². The largest absolute Gasteiger partial charge is 0.392 e. The molecule has 0 aliphatic heterocycles. The van der Waals surface area contributed by atoms with Gasteiger partial charge in [-0.2, -0.15) is 4.98 Å². The van der Waals surface area contributed by atoms with E-state index < -0.39 is 5.92 Å². The molecule has 3 N–H and O–H groups in total. The molecule has 0 saturated heterocycles. The predicted octanol–water partition coefficient (Wildman–Crippen LogP) is 0.756. The smallest absolute Gasteiger partial charge is 0.234 e.